The zero-order valence-corrected chi connectivity index (χ0v) is 7.57. The molecule has 4 N–H and O–H groups in total. The first-order valence-electron chi connectivity index (χ1n) is 3.90. The Morgan fingerprint density at radius 2 is 1.86 bits per heavy atom. The van der Waals surface area contributed by atoms with Crippen molar-refractivity contribution in [3.63, 3.8) is 0 Å². The standard InChI is InChI=1S/C9H10N2O3/c1-11-9(14)6-2-5(8(10)13)3-7(12)4-6/h2-4,12H,1H3,(H2,10,13)(H,11,14). The van der Waals surface area contributed by atoms with Crippen LogP contribution in [0.4, 0.5) is 0 Å². The second-order valence-corrected chi connectivity index (χ2v) is 2.71. The molecule has 0 aliphatic rings. The highest BCUT2D eigenvalue weighted by molar-refractivity contribution is 5.99. The van der Waals surface area contributed by atoms with Gasteiger partial charge < -0.3 is 16.2 Å². The van der Waals surface area contributed by atoms with E-state index >= 15 is 0 Å². The summed E-state index contributed by atoms with van der Waals surface area (Å²) in [5.41, 5.74) is 5.31. The molecule has 1 rings (SSSR count). The fourth-order valence-corrected chi connectivity index (χ4v) is 1.03. The second kappa shape index (κ2) is 3.78. The van der Waals surface area contributed by atoms with Crippen molar-refractivity contribution in [2.45, 2.75) is 0 Å². The summed E-state index contributed by atoms with van der Waals surface area (Å²) >= 11 is 0. The number of carbonyl (C=O) groups is 2. The molecule has 0 heterocycles. The number of nitrogens with two attached hydrogens (primary N) is 1. The van der Waals surface area contributed by atoms with Crippen LogP contribution in [0, 0.1) is 0 Å². The van der Waals surface area contributed by atoms with E-state index in [0.29, 0.717) is 0 Å². The molecule has 0 atom stereocenters. The van der Waals surface area contributed by atoms with Crippen LogP contribution >= 0.6 is 0 Å². The summed E-state index contributed by atoms with van der Waals surface area (Å²) < 4.78 is 0. The molecular formula is C9H10N2O3. The van der Waals surface area contributed by atoms with E-state index in [0.717, 1.165) is 0 Å². The fourth-order valence-electron chi connectivity index (χ4n) is 1.03. The summed E-state index contributed by atoms with van der Waals surface area (Å²) in [5, 5.41) is 11.6. The van der Waals surface area contributed by atoms with Gasteiger partial charge in [-0.05, 0) is 18.2 Å². The predicted molar refractivity (Wildman–Crippen MR) is 50.0 cm³/mol. The van der Waals surface area contributed by atoms with E-state index in [2.05, 4.69) is 5.32 Å². The summed E-state index contributed by atoms with van der Waals surface area (Å²) in [7, 11) is 1.45. The summed E-state index contributed by atoms with van der Waals surface area (Å²) in [5.74, 6) is -1.24. The van der Waals surface area contributed by atoms with Gasteiger partial charge in [0, 0.05) is 18.2 Å². The zero-order chi connectivity index (χ0) is 10.7. The summed E-state index contributed by atoms with van der Waals surface area (Å²) in [4.78, 5) is 22.0. The average Bonchev–Trinajstić information content (AvgIpc) is 2.15. The second-order valence-electron chi connectivity index (χ2n) is 2.71. The van der Waals surface area contributed by atoms with Gasteiger partial charge in [0.25, 0.3) is 5.91 Å². The Kier molecular flexibility index (Phi) is 2.71. The van der Waals surface area contributed by atoms with Crippen LogP contribution in [0.15, 0.2) is 18.2 Å². The third-order valence-electron chi connectivity index (χ3n) is 1.69. The van der Waals surface area contributed by atoms with Gasteiger partial charge in [0.05, 0.1) is 0 Å². The third kappa shape index (κ3) is 2.01. The van der Waals surface area contributed by atoms with Crippen LogP contribution in [0.1, 0.15) is 20.7 Å². The van der Waals surface area contributed by atoms with Gasteiger partial charge in [-0.3, -0.25) is 9.59 Å². The first-order valence-corrected chi connectivity index (χ1v) is 3.90. The van der Waals surface area contributed by atoms with Crippen LogP contribution in [-0.4, -0.2) is 24.0 Å². The molecule has 0 bridgehead atoms. The number of rotatable bonds is 2. The maximum absolute atomic E-state index is 11.2. The van der Waals surface area contributed by atoms with Gasteiger partial charge in [0.15, 0.2) is 0 Å². The number of aromatic hydroxyl groups is 1. The number of phenols is 1. The molecule has 1 aromatic carbocycles. The highest BCUT2D eigenvalue weighted by Gasteiger charge is 2.09. The average molecular weight is 194 g/mol. The van der Waals surface area contributed by atoms with Crippen molar-refractivity contribution in [1.29, 1.82) is 0 Å². The topological polar surface area (TPSA) is 92.4 Å². The number of phenolic OH excluding ortho intramolecular Hbond substituents is 1. The quantitative estimate of drug-likeness (QED) is 0.611. The maximum Gasteiger partial charge on any atom is 0.251 e. The van der Waals surface area contributed by atoms with Crippen molar-refractivity contribution < 1.29 is 14.7 Å². The molecule has 0 radical (unpaired) electrons. The number of amides is 2. The number of nitrogens with one attached hydrogen (secondary N) is 1. The van der Waals surface area contributed by atoms with Crippen LogP contribution in [0.3, 0.4) is 0 Å². The molecule has 0 aliphatic heterocycles. The van der Waals surface area contributed by atoms with Crippen molar-refractivity contribution in [3.05, 3.63) is 29.3 Å². The molecule has 0 unspecified atom stereocenters. The highest BCUT2D eigenvalue weighted by atomic mass is 16.3. The SMILES string of the molecule is CNC(=O)c1cc(O)cc(C(N)=O)c1. The lowest BCUT2D eigenvalue weighted by Gasteiger charge is -2.02. The van der Waals surface area contributed by atoms with Crippen LogP contribution < -0.4 is 11.1 Å². The molecule has 5 heteroatoms. The largest absolute Gasteiger partial charge is 0.508 e. The molecule has 1 aromatic rings. The van der Waals surface area contributed by atoms with E-state index in [4.69, 9.17) is 5.73 Å². The van der Waals surface area contributed by atoms with Crippen molar-refractivity contribution in [2.24, 2.45) is 5.73 Å². The van der Waals surface area contributed by atoms with Gasteiger partial charge >= 0.3 is 0 Å². The van der Waals surface area contributed by atoms with E-state index in [-0.39, 0.29) is 22.8 Å². The molecular weight excluding hydrogens is 184 g/mol. The molecule has 14 heavy (non-hydrogen) atoms. The van der Waals surface area contributed by atoms with Crippen LogP contribution in [0.2, 0.25) is 0 Å². The van der Waals surface area contributed by atoms with Crippen molar-refractivity contribution in [2.75, 3.05) is 7.05 Å². The normalized spacial score (nSPS) is 9.50. The van der Waals surface area contributed by atoms with Gasteiger partial charge in [-0.1, -0.05) is 0 Å². The van der Waals surface area contributed by atoms with Crippen molar-refractivity contribution in [3.8, 4) is 5.75 Å². The summed E-state index contributed by atoms with van der Waals surface area (Å²) in [6.45, 7) is 0. The Labute approximate surface area is 80.5 Å². The van der Waals surface area contributed by atoms with Gasteiger partial charge in [0.1, 0.15) is 5.75 Å². The lowest BCUT2D eigenvalue weighted by molar-refractivity contribution is 0.0962. The maximum atomic E-state index is 11.2. The van der Waals surface area contributed by atoms with Gasteiger partial charge in [-0.2, -0.15) is 0 Å². The number of primary amides is 1. The van der Waals surface area contributed by atoms with E-state index < -0.39 is 5.91 Å². The molecule has 0 fully saturated rings. The monoisotopic (exact) mass is 194 g/mol. The third-order valence-corrected chi connectivity index (χ3v) is 1.69. The Balaban J connectivity index is 3.20. The summed E-state index contributed by atoms with van der Waals surface area (Å²) in [6.07, 6.45) is 0. The number of hydrogen-bond acceptors (Lipinski definition) is 3. The van der Waals surface area contributed by atoms with Crippen molar-refractivity contribution >= 4 is 11.8 Å². The van der Waals surface area contributed by atoms with E-state index in [1.54, 1.807) is 0 Å². The number of carbonyl (C=O) groups excluding carboxylic acids is 2. The Morgan fingerprint density at radius 1 is 1.29 bits per heavy atom. The Hall–Kier alpha value is -2.04. The Bertz CT molecular complexity index is 388. The van der Waals surface area contributed by atoms with E-state index in [1.807, 2.05) is 0 Å². The van der Waals surface area contributed by atoms with Crippen LogP contribution in [-0.2, 0) is 0 Å². The number of hydrogen-bond donors (Lipinski definition) is 3. The summed E-state index contributed by atoms with van der Waals surface area (Å²) in [6, 6.07) is 3.78. The molecule has 0 aliphatic carbocycles. The molecule has 74 valence electrons. The van der Waals surface area contributed by atoms with Gasteiger partial charge in [-0.25, -0.2) is 0 Å². The first-order chi connectivity index (χ1) is 6.54. The minimum Gasteiger partial charge on any atom is -0.508 e. The minimum absolute atomic E-state index is 0.101. The molecule has 0 aromatic heterocycles. The predicted octanol–water partition coefficient (Wildman–Crippen LogP) is -0.149. The Morgan fingerprint density at radius 3 is 2.36 bits per heavy atom. The molecule has 0 saturated carbocycles. The lowest BCUT2D eigenvalue weighted by atomic mass is 10.1. The molecule has 0 spiro atoms. The van der Waals surface area contributed by atoms with Gasteiger partial charge in [-0.15, -0.1) is 0 Å². The zero-order valence-electron chi connectivity index (χ0n) is 7.57. The van der Waals surface area contributed by atoms with Crippen LogP contribution in [0.5, 0.6) is 5.75 Å². The molecule has 0 saturated heterocycles. The highest BCUT2D eigenvalue weighted by Crippen LogP contribution is 2.15. The van der Waals surface area contributed by atoms with E-state index in [1.165, 1.54) is 25.2 Å². The van der Waals surface area contributed by atoms with Gasteiger partial charge in [0.2, 0.25) is 5.91 Å². The van der Waals surface area contributed by atoms with Crippen molar-refractivity contribution in [1.82, 2.24) is 5.32 Å². The fraction of sp³-hybridized carbons (Fsp3) is 0.111. The van der Waals surface area contributed by atoms with Crippen LogP contribution in [0.25, 0.3) is 0 Å². The number of benzene rings is 1. The minimum atomic E-state index is -0.689. The molecule has 2 amide bonds. The smallest absolute Gasteiger partial charge is 0.251 e. The first kappa shape index (κ1) is 10.0. The molecule has 5 nitrogen and oxygen atoms in total. The van der Waals surface area contributed by atoms with E-state index in [9.17, 15) is 14.7 Å². The lowest BCUT2D eigenvalue weighted by Crippen LogP contribution is -2.19.